The number of nitrogens with one attached hydrogen (secondary N) is 1. The van der Waals surface area contributed by atoms with E-state index in [1.54, 1.807) is 36.4 Å². The van der Waals surface area contributed by atoms with E-state index < -0.39 is 22.5 Å². The number of aryl methyl sites for hydroxylation is 3. The second kappa shape index (κ2) is 9.74. The average molecular weight is 493 g/mol. The van der Waals surface area contributed by atoms with Crippen molar-refractivity contribution in [1.82, 2.24) is 10.2 Å². The highest BCUT2D eigenvalue weighted by Gasteiger charge is 2.28. The minimum absolute atomic E-state index is 0.117. The Bertz CT molecular complexity index is 1410. The van der Waals surface area contributed by atoms with Crippen molar-refractivity contribution in [1.29, 1.82) is 0 Å². The quantitative estimate of drug-likeness (QED) is 0.393. The molecule has 7 nitrogen and oxygen atoms in total. The molecule has 0 atom stereocenters. The SMILES string of the molecule is Cc1ccc(-c2nnc(NC(=O)CN(c3ccccc3C)S(=O)(=O)c3ccc(C)cc3)s2)cc1. The Kier molecular flexibility index (Phi) is 6.76. The van der Waals surface area contributed by atoms with Gasteiger partial charge in [0.1, 0.15) is 11.6 Å². The molecule has 0 saturated carbocycles. The van der Waals surface area contributed by atoms with Crippen LogP contribution in [0.15, 0.2) is 77.7 Å². The Labute approximate surface area is 203 Å². The number of carbonyl (C=O) groups is 1. The van der Waals surface area contributed by atoms with Crippen LogP contribution in [0.4, 0.5) is 10.8 Å². The first-order valence-electron chi connectivity index (χ1n) is 10.6. The van der Waals surface area contributed by atoms with Gasteiger partial charge in [-0.25, -0.2) is 8.42 Å². The van der Waals surface area contributed by atoms with E-state index in [2.05, 4.69) is 15.5 Å². The van der Waals surface area contributed by atoms with Crippen LogP contribution in [0.1, 0.15) is 16.7 Å². The van der Waals surface area contributed by atoms with Gasteiger partial charge < -0.3 is 0 Å². The summed E-state index contributed by atoms with van der Waals surface area (Å²) in [6, 6.07) is 21.5. The number of benzene rings is 3. The number of carbonyl (C=O) groups excluding carboxylic acids is 1. The topological polar surface area (TPSA) is 92.3 Å². The van der Waals surface area contributed by atoms with Crippen LogP contribution in [0, 0.1) is 20.8 Å². The van der Waals surface area contributed by atoms with Crippen LogP contribution in [-0.4, -0.2) is 31.1 Å². The number of rotatable bonds is 7. The third kappa shape index (κ3) is 5.16. The van der Waals surface area contributed by atoms with Crippen molar-refractivity contribution in [2.75, 3.05) is 16.2 Å². The molecule has 0 bridgehead atoms. The van der Waals surface area contributed by atoms with E-state index in [0.29, 0.717) is 15.8 Å². The zero-order valence-corrected chi connectivity index (χ0v) is 20.7. The van der Waals surface area contributed by atoms with Gasteiger partial charge in [-0.2, -0.15) is 0 Å². The van der Waals surface area contributed by atoms with Gasteiger partial charge in [0.05, 0.1) is 10.6 Å². The average Bonchev–Trinajstić information content (AvgIpc) is 3.27. The summed E-state index contributed by atoms with van der Waals surface area (Å²) in [4.78, 5) is 13.1. The van der Waals surface area contributed by atoms with E-state index in [1.165, 1.54) is 11.3 Å². The number of sulfonamides is 1. The van der Waals surface area contributed by atoms with Gasteiger partial charge in [0.15, 0.2) is 0 Å². The summed E-state index contributed by atoms with van der Waals surface area (Å²) >= 11 is 1.23. The lowest BCUT2D eigenvalue weighted by atomic mass is 10.2. The molecule has 0 saturated heterocycles. The molecule has 34 heavy (non-hydrogen) atoms. The molecule has 174 valence electrons. The van der Waals surface area contributed by atoms with Crippen LogP contribution >= 0.6 is 11.3 Å². The van der Waals surface area contributed by atoms with Crippen LogP contribution in [0.3, 0.4) is 0 Å². The largest absolute Gasteiger partial charge is 0.299 e. The maximum Gasteiger partial charge on any atom is 0.264 e. The Morgan fingerprint density at radius 1 is 0.882 bits per heavy atom. The first-order chi connectivity index (χ1) is 16.2. The van der Waals surface area contributed by atoms with Crippen molar-refractivity contribution >= 4 is 38.1 Å². The van der Waals surface area contributed by atoms with Crippen molar-refractivity contribution in [3.63, 3.8) is 0 Å². The molecular formula is C25H24N4O3S2. The fourth-order valence-corrected chi connectivity index (χ4v) is 5.61. The monoisotopic (exact) mass is 492 g/mol. The highest BCUT2D eigenvalue weighted by atomic mass is 32.2. The fourth-order valence-electron chi connectivity index (χ4n) is 3.36. The fraction of sp³-hybridized carbons (Fsp3) is 0.160. The van der Waals surface area contributed by atoms with Crippen LogP contribution in [0.2, 0.25) is 0 Å². The van der Waals surface area contributed by atoms with Crippen LogP contribution in [0.5, 0.6) is 0 Å². The van der Waals surface area contributed by atoms with Gasteiger partial charge in [0, 0.05) is 5.56 Å². The van der Waals surface area contributed by atoms with Crippen molar-refractivity contribution < 1.29 is 13.2 Å². The lowest BCUT2D eigenvalue weighted by molar-refractivity contribution is -0.114. The van der Waals surface area contributed by atoms with Crippen molar-refractivity contribution in [2.45, 2.75) is 25.7 Å². The lowest BCUT2D eigenvalue weighted by Gasteiger charge is -2.25. The van der Waals surface area contributed by atoms with Crippen molar-refractivity contribution in [2.24, 2.45) is 0 Å². The van der Waals surface area contributed by atoms with Gasteiger partial charge in [0.2, 0.25) is 11.0 Å². The third-order valence-electron chi connectivity index (χ3n) is 5.25. The number of nitrogens with zero attached hydrogens (tertiary/aromatic N) is 3. The first kappa shape index (κ1) is 23.6. The molecule has 4 rings (SSSR count). The minimum Gasteiger partial charge on any atom is -0.299 e. The third-order valence-corrected chi connectivity index (χ3v) is 7.91. The maximum absolute atomic E-state index is 13.5. The lowest BCUT2D eigenvalue weighted by Crippen LogP contribution is -2.38. The van der Waals surface area contributed by atoms with Gasteiger partial charge in [-0.15, -0.1) is 10.2 Å². The molecule has 1 heterocycles. The maximum atomic E-state index is 13.5. The molecule has 0 radical (unpaired) electrons. The van der Waals surface area contributed by atoms with E-state index in [0.717, 1.165) is 26.6 Å². The summed E-state index contributed by atoms with van der Waals surface area (Å²) in [6.07, 6.45) is 0. The summed E-state index contributed by atoms with van der Waals surface area (Å²) in [7, 11) is -3.98. The Morgan fingerprint density at radius 2 is 1.50 bits per heavy atom. The second-order valence-electron chi connectivity index (χ2n) is 7.94. The van der Waals surface area contributed by atoms with Gasteiger partial charge >= 0.3 is 0 Å². The molecule has 1 N–H and O–H groups in total. The summed E-state index contributed by atoms with van der Waals surface area (Å²) in [6.45, 7) is 5.29. The van der Waals surface area contributed by atoms with E-state index in [4.69, 9.17) is 0 Å². The van der Waals surface area contributed by atoms with Crippen molar-refractivity contribution in [3.8, 4) is 10.6 Å². The van der Waals surface area contributed by atoms with Gasteiger partial charge in [-0.3, -0.25) is 14.4 Å². The Balaban J connectivity index is 1.59. The van der Waals surface area contributed by atoms with E-state index in [9.17, 15) is 13.2 Å². The minimum atomic E-state index is -3.98. The number of hydrogen-bond donors (Lipinski definition) is 1. The standard InChI is InChI=1S/C25H24N4O3S2/c1-17-8-12-20(13-9-17)24-27-28-25(33-24)26-23(30)16-29(22-7-5-4-6-19(22)3)34(31,32)21-14-10-18(2)11-15-21/h4-15H,16H2,1-3H3,(H,26,28,30). The van der Waals surface area contributed by atoms with Crippen molar-refractivity contribution in [3.05, 3.63) is 89.5 Å². The van der Waals surface area contributed by atoms with E-state index in [-0.39, 0.29) is 4.90 Å². The molecule has 1 amide bonds. The highest BCUT2D eigenvalue weighted by molar-refractivity contribution is 7.92. The van der Waals surface area contributed by atoms with Gasteiger partial charge in [-0.1, -0.05) is 77.1 Å². The molecule has 0 unspecified atom stereocenters. The first-order valence-corrected chi connectivity index (χ1v) is 12.8. The summed E-state index contributed by atoms with van der Waals surface area (Å²) in [5.41, 5.74) is 4.15. The molecule has 0 aliphatic carbocycles. The molecule has 4 aromatic rings. The molecular weight excluding hydrogens is 468 g/mol. The molecule has 0 aliphatic heterocycles. The number of para-hydroxylation sites is 1. The number of amides is 1. The zero-order valence-electron chi connectivity index (χ0n) is 19.0. The van der Waals surface area contributed by atoms with Gasteiger partial charge in [-0.05, 0) is 44.5 Å². The molecule has 0 fully saturated rings. The predicted octanol–water partition coefficient (Wildman–Crippen LogP) is 4.96. The van der Waals surface area contributed by atoms with E-state index >= 15 is 0 Å². The summed E-state index contributed by atoms with van der Waals surface area (Å²) in [5.74, 6) is -0.509. The second-order valence-corrected chi connectivity index (χ2v) is 10.8. The Morgan fingerprint density at radius 3 is 2.15 bits per heavy atom. The smallest absolute Gasteiger partial charge is 0.264 e. The summed E-state index contributed by atoms with van der Waals surface area (Å²) in [5, 5.41) is 11.9. The molecule has 1 aromatic heterocycles. The highest BCUT2D eigenvalue weighted by Crippen LogP contribution is 2.29. The molecule has 0 spiro atoms. The van der Waals surface area contributed by atoms with Crippen LogP contribution in [0.25, 0.3) is 10.6 Å². The number of aromatic nitrogens is 2. The Hall–Kier alpha value is -3.56. The number of anilines is 2. The zero-order chi connectivity index (χ0) is 24.3. The van der Waals surface area contributed by atoms with E-state index in [1.807, 2.05) is 57.2 Å². The summed E-state index contributed by atoms with van der Waals surface area (Å²) < 4.78 is 28.2. The molecule has 9 heteroatoms. The normalized spacial score (nSPS) is 11.3. The van der Waals surface area contributed by atoms with Crippen LogP contribution in [-0.2, 0) is 14.8 Å². The predicted molar refractivity (Wildman–Crippen MR) is 136 cm³/mol. The molecule has 0 aliphatic rings. The van der Waals surface area contributed by atoms with Crippen LogP contribution < -0.4 is 9.62 Å². The number of hydrogen-bond acceptors (Lipinski definition) is 6. The molecule has 3 aromatic carbocycles. The van der Waals surface area contributed by atoms with Gasteiger partial charge in [0.25, 0.3) is 10.0 Å².